The van der Waals surface area contributed by atoms with Crippen LogP contribution >= 0.6 is 0 Å². The van der Waals surface area contributed by atoms with Crippen LogP contribution < -0.4 is 5.32 Å². The topological polar surface area (TPSA) is 103 Å². The van der Waals surface area contributed by atoms with Crippen LogP contribution in [0.4, 0.5) is 13.2 Å². The monoisotopic (exact) mass is 461 g/mol. The van der Waals surface area contributed by atoms with Crippen LogP contribution in [-0.2, 0) is 16.1 Å². The number of hydrogen-bond acceptors (Lipinski definition) is 5. The van der Waals surface area contributed by atoms with Crippen LogP contribution in [-0.4, -0.2) is 60.4 Å². The number of ether oxygens (including phenoxy) is 1. The number of halogens is 3. The first-order valence-corrected chi connectivity index (χ1v) is 10.1. The van der Waals surface area contributed by atoms with Gasteiger partial charge in [-0.15, -0.1) is 0 Å². The lowest BCUT2D eigenvalue weighted by atomic mass is 9.97. The predicted molar refractivity (Wildman–Crippen MR) is 112 cm³/mol. The van der Waals surface area contributed by atoms with Crippen molar-refractivity contribution >= 4 is 11.9 Å². The van der Waals surface area contributed by atoms with Gasteiger partial charge in [0.2, 0.25) is 0 Å². The number of nitrogens with zero attached hydrogens (tertiary/aromatic N) is 2. The fraction of sp³-hybridized carbons (Fsp3) is 0.348. The SMILES string of the molecule is COC[C@@H]1C[C@@H](N2Cc3ccc(-c4ccccc4C#N)cc3C2=O)CN1.O=C(O)C(F)(F)F. The Morgan fingerprint density at radius 3 is 2.61 bits per heavy atom. The molecule has 4 rings (SSSR count). The number of rotatable bonds is 4. The number of carboxylic acids is 1. The highest BCUT2D eigenvalue weighted by atomic mass is 19.4. The molecule has 0 aliphatic carbocycles. The quantitative estimate of drug-likeness (QED) is 0.725. The van der Waals surface area contributed by atoms with E-state index in [1.165, 1.54) is 0 Å². The first-order chi connectivity index (χ1) is 15.7. The molecule has 7 nitrogen and oxygen atoms in total. The van der Waals surface area contributed by atoms with Gasteiger partial charge < -0.3 is 20.1 Å². The van der Waals surface area contributed by atoms with Gasteiger partial charge in [-0.1, -0.05) is 30.3 Å². The number of benzene rings is 2. The Morgan fingerprint density at radius 2 is 1.97 bits per heavy atom. The molecule has 1 fully saturated rings. The maximum Gasteiger partial charge on any atom is 0.490 e. The van der Waals surface area contributed by atoms with Crippen molar-refractivity contribution in [1.82, 2.24) is 10.2 Å². The molecular formula is C23H22F3N3O4. The van der Waals surface area contributed by atoms with E-state index >= 15 is 0 Å². The highest BCUT2D eigenvalue weighted by Gasteiger charge is 2.38. The van der Waals surface area contributed by atoms with E-state index in [1.54, 1.807) is 13.2 Å². The Hall–Kier alpha value is -3.42. The van der Waals surface area contributed by atoms with Crippen molar-refractivity contribution in [3.8, 4) is 17.2 Å². The molecule has 2 aromatic carbocycles. The van der Waals surface area contributed by atoms with E-state index in [0.717, 1.165) is 35.2 Å². The number of carbonyl (C=O) groups excluding carboxylic acids is 1. The first kappa shape index (κ1) is 24.2. The first-order valence-electron chi connectivity index (χ1n) is 10.1. The minimum absolute atomic E-state index is 0.0844. The molecule has 2 aliphatic rings. The van der Waals surface area contributed by atoms with Crippen LogP contribution in [0.2, 0.25) is 0 Å². The maximum atomic E-state index is 13.0. The van der Waals surface area contributed by atoms with Crippen LogP contribution in [0.3, 0.4) is 0 Å². The van der Waals surface area contributed by atoms with Gasteiger partial charge in [0.1, 0.15) is 0 Å². The number of hydrogen-bond donors (Lipinski definition) is 2. The van der Waals surface area contributed by atoms with Crippen molar-refractivity contribution in [2.24, 2.45) is 0 Å². The Labute approximate surface area is 188 Å². The summed E-state index contributed by atoms with van der Waals surface area (Å²) in [6, 6.07) is 16.2. The average Bonchev–Trinajstić information content (AvgIpc) is 3.38. The zero-order valence-corrected chi connectivity index (χ0v) is 17.7. The summed E-state index contributed by atoms with van der Waals surface area (Å²) in [5, 5.41) is 19.9. The lowest BCUT2D eigenvalue weighted by molar-refractivity contribution is -0.192. The fourth-order valence-corrected chi connectivity index (χ4v) is 3.98. The minimum Gasteiger partial charge on any atom is -0.475 e. The van der Waals surface area contributed by atoms with Crippen LogP contribution in [0.25, 0.3) is 11.1 Å². The van der Waals surface area contributed by atoms with Gasteiger partial charge in [-0.25, -0.2) is 4.79 Å². The van der Waals surface area contributed by atoms with Crippen molar-refractivity contribution in [1.29, 1.82) is 5.26 Å². The molecule has 2 atom stereocenters. The molecule has 0 unspecified atom stereocenters. The van der Waals surface area contributed by atoms with E-state index in [1.807, 2.05) is 41.3 Å². The third-order valence-corrected chi connectivity index (χ3v) is 5.55. The van der Waals surface area contributed by atoms with E-state index in [9.17, 15) is 23.2 Å². The van der Waals surface area contributed by atoms with Gasteiger partial charge in [0.25, 0.3) is 5.91 Å². The lowest BCUT2D eigenvalue weighted by Crippen LogP contribution is -2.36. The van der Waals surface area contributed by atoms with Crippen LogP contribution in [0.1, 0.15) is 27.9 Å². The number of aliphatic carboxylic acids is 1. The lowest BCUT2D eigenvalue weighted by Gasteiger charge is -2.23. The van der Waals surface area contributed by atoms with Crippen molar-refractivity contribution < 1.29 is 32.6 Å². The van der Waals surface area contributed by atoms with Crippen molar-refractivity contribution in [3.63, 3.8) is 0 Å². The molecule has 174 valence electrons. The summed E-state index contributed by atoms with van der Waals surface area (Å²) in [5.74, 6) is -2.67. The number of amides is 1. The Bertz CT molecular complexity index is 1080. The molecule has 2 aromatic rings. The number of carbonyl (C=O) groups is 2. The smallest absolute Gasteiger partial charge is 0.475 e. The molecule has 0 aromatic heterocycles. The fourth-order valence-electron chi connectivity index (χ4n) is 3.98. The largest absolute Gasteiger partial charge is 0.490 e. The molecule has 0 radical (unpaired) electrons. The number of carboxylic acid groups (broad SMARTS) is 1. The van der Waals surface area contributed by atoms with Gasteiger partial charge in [-0.3, -0.25) is 4.79 Å². The number of fused-ring (bicyclic) bond motifs is 1. The highest BCUT2D eigenvalue weighted by molar-refractivity contribution is 6.00. The zero-order valence-electron chi connectivity index (χ0n) is 17.7. The number of nitriles is 1. The van der Waals surface area contributed by atoms with Crippen LogP contribution in [0.15, 0.2) is 42.5 Å². The van der Waals surface area contributed by atoms with Crippen LogP contribution in [0.5, 0.6) is 0 Å². The summed E-state index contributed by atoms with van der Waals surface area (Å²) in [6.45, 7) is 2.12. The zero-order chi connectivity index (χ0) is 24.2. The van der Waals surface area contributed by atoms with E-state index < -0.39 is 12.1 Å². The minimum atomic E-state index is -5.08. The third-order valence-electron chi connectivity index (χ3n) is 5.55. The molecule has 2 N–H and O–H groups in total. The second-order valence-corrected chi connectivity index (χ2v) is 7.72. The van der Waals surface area contributed by atoms with Crippen molar-refractivity contribution in [3.05, 3.63) is 59.2 Å². The third kappa shape index (κ3) is 5.50. The van der Waals surface area contributed by atoms with E-state index in [2.05, 4.69) is 11.4 Å². The van der Waals surface area contributed by atoms with Gasteiger partial charge in [-0.05, 0) is 35.2 Å². The normalized spacial score (nSPS) is 19.5. The van der Waals surface area contributed by atoms with E-state index in [0.29, 0.717) is 24.8 Å². The number of methoxy groups -OCH3 is 1. The predicted octanol–water partition coefficient (Wildman–Crippen LogP) is 3.19. The Balaban J connectivity index is 0.000000383. The highest BCUT2D eigenvalue weighted by Crippen LogP contribution is 2.32. The maximum absolute atomic E-state index is 13.0. The second-order valence-electron chi connectivity index (χ2n) is 7.72. The molecule has 0 saturated carbocycles. The van der Waals surface area contributed by atoms with Crippen molar-refractivity contribution in [2.75, 3.05) is 20.3 Å². The van der Waals surface area contributed by atoms with Gasteiger partial charge in [0.05, 0.1) is 18.2 Å². The number of alkyl halides is 3. The van der Waals surface area contributed by atoms with E-state index in [4.69, 9.17) is 14.6 Å². The molecule has 2 aliphatic heterocycles. The summed E-state index contributed by atoms with van der Waals surface area (Å²) in [5.41, 5.74) is 4.22. The Kier molecular flexibility index (Phi) is 7.36. The summed E-state index contributed by atoms with van der Waals surface area (Å²) in [4.78, 5) is 23.8. The molecule has 33 heavy (non-hydrogen) atoms. The molecule has 10 heteroatoms. The molecule has 0 spiro atoms. The molecule has 2 heterocycles. The molecule has 1 saturated heterocycles. The second kappa shape index (κ2) is 10.0. The van der Waals surface area contributed by atoms with Crippen LogP contribution in [0, 0.1) is 11.3 Å². The van der Waals surface area contributed by atoms with Gasteiger partial charge in [0.15, 0.2) is 0 Å². The average molecular weight is 461 g/mol. The van der Waals surface area contributed by atoms with Gasteiger partial charge >= 0.3 is 12.1 Å². The van der Waals surface area contributed by atoms with Gasteiger partial charge in [-0.2, -0.15) is 18.4 Å². The molecular weight excluding hydrogens is 439 g/mol. The summed E-state index contributed by atoms with van der Waals surface area (Å²) < 4.78 is 37.0. The summed E-state index contributed by atoms with van der Waals surface area (Å²) >= 11 is 0. The van der Waals surface area contributed by atoms with Crippen molar-refractivity contribution in [2.45, 2.75) is 31.2 Å². The molecule has 0 bridgehead atoms. The van der Waals surface area contributed by atoms with Gasteiger partial charge in [0, 0.05) is 37.8 Å². The number of nitrogens with one attached hydrogen (secondary N) is 1. The Morgan fingerprint density at radius 1 is 1.27 bits per heavy atom. The molecule has 1 amide bonds. The standard InChI is InChI=1S/C21H21N3O2.C2HF3O2/c1-26-13-17-9-18(11-23-17)24-12-16-7-6-14(8-20(16)21(24)25)19-5-3-2-4-15(19)10-22;3-2(4,5)1(6)7/h2-8,17-18,23H,9,11-13H2,1H3;(H,6,7)/t17-,18+;/m0./s1. The summed E-state index contributed by atoms with van der Waals surface area (Å²) in [7, 11) is 1.70. The summed E-state index contributed by atoms with van der Waals surface area (Å²) in [6.07, 6.45) is -4.17. The van der Waals surface area contributed by atoms with E-state index in [-0.39, 0.29) is 11.9 Å².